The molecule has 1 saturated heterocycles. The summed E-state index contributed by atoms with van der Waals surface area (Å²) in [5.41, 5.74) is 0.719. The van der Waals surface area contributed by atoms with Gasteiger partial charge in [0.15, 0.2) is 11.5 Å². The Morgan fingerprint density at radius 2 is 1.94 bits per heavy atom. The Balaban J connectivity index is 1.59. The lowest BCUT2D eigenvalue weighted by atomic mass is 10.2. The highest BCUT2D eigenvalue weighted by Crippen LogP contribution is 2.35. The summed E-state index contributed by atoms with van der Waals surface area (Å²) in [6.07, 6.45) is 2.16. The van der Waals surface area contributed by atoms with Crippen molar-refractivity contribution in [1.82, 2.24) is 4.90 Å². The van der Waals surface area contributed by atoms with Crippen molar-refractivity contribution in [1.29, 1.82) is 0 Å². The molecule has 1 fully saturated rings. The molecule has 2 aromatic rings. The number of anilines is 1. The van der Waals surface area contributed by atoms with Gasteiger partial charge in [-0.1, -0.05) is 42.2 Å². The molecule has 172 valence electrons. The second kappa shape index (κ2) is 10.9. The van der Waals surface area contributed by atoms with Crippen molar-refractivity contribution >= 4 is 57.6 Å². The number of methoxy groups -OCH3 is 2. The Labute approximate surface area is 199 Å². The summed E-state index contributed by atoms with van der Waals surface area (Å²) >= 11 is 6.52. The predicted octanol–water partition coefficient (Wildman–Crippen LogP) is 4.23. The zero-order valence-corrected chi connectivity index (χ0v) is 19.5. The van der Waals surface area contributed by atoms with Crippen LogP contribution in [0.3, 0.4) is 0 Å². The average molecular weight is 488 g/mol. The summed E-state index contributed by atoms with van der Waals surface area (Å²) in [7, 11) is 3.08. The number of thioether (sulfide) groups is 1. The van der Waals surface area contributed by atoms with E-state index in [1.807, 2.05) is 0 Å². The fourth-order valence-electron chi connectivity index (χ4n) is 3.14. The van der Waals surface area contributed by atoms with Crippen molar-refractivity contribution in [2.24, 2.45) is 0 Å². The van der Waals surface area contributed by atoms with E-state index in [0.29, 0.717) is 27.1 Å². The van der Waals surface area contributed by atoms with Gasteiger partial charge in [-0.15, -0.1) is 0 Å². The number of nitrogens with one attached hydrogen (secondary N) is 1. The summed E-state index contributed by atoms with van der Waals surface area (Å²) in [5, 5.41) is 13.6. The van der Waals surface area contributed by atoms with E-state index in [0.717, 1.165) is 5.56 Å². The average Bonchev–Trinajstić information content (AvgIpc) is 3.06. The Morgan fingerprint density at radius 3 is 2.64 bits per heavy atom. The van der Waals surface area contributed by atoms with Crippen LogP contribution in [0.25, 0.3) is 6.08 Å². The van der Waals surface area contributed by atoms with Gasteiger partial charge in [-0.05, 0) is 36.3 Å². The largest absolute Gasteiger partial charge is 0.493 e. The molecule has 1 heterocycles. The summed E-state index contributed by atoms with van der Waals surface area (Å²) in [5.74, 6) is 0.516. The minimum atomic E-state index is -0.555. The third-order valence-corrected chi connectivity index (χ3v) is 6.12. The molecule has 0 spiro atoms. The maximum atomic E-state index is 12.8. The van der Waals surface area contributed by atoms with Gasteiger partial charge in [0, 0.05) is 19.0 Å². The Kier molecular flexibility index (Phi) is 8.01. The van der Waals surface area contributed by atoms with Crippen molar-refractivity contribution in [3.8, 4) is 11.5 Å². The van der Waals surface area contributed by atoms with Crippen LogP contribution in [-0.4, -0.2) is 46.7 Å². The molecule has 1 N–H and O–H groups in total. The predicted molar refractivity (Wildman–Crippen MR) is 130 cm³/mol. The molecule has 0 aromatic heterocycles. The van der Waals surface area contributed by atoms with Crippen LogP contribution in [0, 0.1) is 10.1 Å². The van der Waals surface area contributed by atoms with Crippen LogP contribution < -0.4 is 14.8 Å². The lowest BCUT2D eigenvalue weighted by Crippen LogP contribution is -2.29. The number of hydrogen-bond acceptors (Lipinski definition) is 8. The van der Waals surface area contributed by atoms with Gasteiger partial charge < -0.3 is 14.8 Å². The highest BCUT2D eigenvalue weighted by atomic mass is 32.2. The molecule has 0 aliphatic carbocycles. The highest BCUT2D eigenvalue weighted by molar-refractivity contribution is 8.26. The van der Waals surface area contributed by atoms with Crippen LogP contribution in [0.2, 0.25) is 0 Å². The van der Waals surface area contributed by atoms with Gasteiger partial charge in [0.1, 0.15) is 10.0 Å². The molecule has 11 heteroatoms. The van der Waals surface area contributed by atoms with Crippen molar-refractivity contribution < 1.29 is 24.0 Å². The Hall–Kier alpha value is -3.44. The fraction of sp³-hybridized carbons (Fsp3) is 0.227. The number of ether oxygens (including phenoxy) is 2. The van der Waals surface area contributed by atoms with Crippen molar-refractivity contribution in [3.05, 3.63) is 63.0 Å². The number of nitrogens with zero attached hydrogens (tertiary/aromatic N) is 2. The summed E-state index contributed by atoms with van der Waals surface area (Å²) in [6.45, 7) is 0.262. The van der Waals surface area contributed by atoms with E-state index in [2.05, 4.69) is 5.32 Å². The van der Waals surface area contributed by atoms with Gasteiger partial charge in [-0.2, -0.15) is 0 Å². The normalized spacial score (nSPS) is 14.5. The van der Waals surface area contributed by atoms with E-state index in [1.165, 1.54) is 42.0 Å². The van der Waals surface area contributed by atoms with E-state index in [9.17, 15) is 19.7 Å². The third kappa shape index (κ3) is 5.88. The molecule has 0 unspecified atom stereocenters. The van der Waals surface area contributed by atoms with Crippen molar-refractivity contribution in [2.45, 2.75) is 12.8 Å². The van der Waals surface area contributed by atoms with Gasteiger partial charge in [0.25, 0.3) is 11.6 Å². The smallest absolute Gasteiger partial charge is 0.292 e. The number of carbonyl (C=O) groups is 2. The molecule has 1 aliphatic rings. The van der Waals surface area contributed by atoms with E-state index >= 15 is 0 Å². The van der Waals surface area contributed by atoms with Gasteiger partial charge in [0.05, 0.1) is 24.0 Å². The number of para-hydroxylation sites is 2. The lowest BCUT2D eigenvalue weighted by molar-refractivity contribution is -0.383. The molecule has 2 aromatic carbocycles. The maximum Gasteiger partial charge on any atom is 0.292 e. The Bertz CT molecular complexity index is 1130. The number of carbonyl (C=O) groups excluding carboxylic acids is 2. The Morgan fingerprint density at radius 1 is 1.21 bits per heavy atom. The molecule has 2 amide bonds. The van der Waals surface area contributed by atoms with E-state index in [1.54, 1.807) is 37.5 Å². The minimum absolute atomic E-state index is 0.0812. The lowest BCUT2D eigenvalue weighted by Gasteiger charge is -2.14. The van der Waals surface area contributed by atoms with E-state index in [-0.39, 0.29) is 36.2 Å². The number of benzene rings is 2. The second-order valence-electron chi connectivity index (χ2n) is 6.87. The third-order valence-electron chi connectivity index (χ3n) is 4.74. The van der Waals surface area contributed by atoms with Crippen molar-refractivity contribution in [3.63, 3.8) is 0 Å². The van der Waals surface area contributed by atoms with Gasteiger partial charge in [-0.3, -0.25) is 24.6 Å². The molecule has 0 radical (unpaired) electrons. The molecular formula is C22H21N3O6S2. The van der Waals surface area contributed by atoms with Crippen LogP contribution in [0.4, 0.5) is 11.4 Å². The second-order valence-corrected chi connectivity index (χ2v) is 8.55. The summed E-state index contributed by atoms with van der Waals surface area (Å²) in [4.78, 5) is 37.5. The van der Waals surface area contributed by atoms with Gasteiger partial charge in [-0.25, -0.2) is 0 Å². The molecule has 1 aliphatic heterocycles. The van der Waals surface area contributed by atoms with Crippen LogP contribution in [0.5, 0.6) is 11.5 Å². The number of nitro groups is 1. The number of hydrogen-bond donors (Lipinski definition) is 1. The topological polar surface area (TPSA) is 111 Å². The van der Waals surface area contributed by atoms with E-state index in [4.69, 9.17) is 21.7 Å². The fourth-order valence-corrected chi connectivity index (χ4v) is 4.44. The standard InChI is InChI=1S/C22H21N3O6S2/c1-30-17-10-9-14(12-18(17)31-2)13-19-21(27)24(22(32)33-19)11-5-8-20(26)23-15-6-3-4-7-16(15)25(28)29/h3-4,6-7,9-10,12-13H,5,8,11H2,1-2H3,(H,23,26)/b19-13-. The molecule has 9 nitrogen and oxygen atoms in total. The summed E-state index contributed by atoms with van der Waals surface area (Å²) < 4.78 is 10.9. The summed E-state index contributed by atoms with van der Waals surface area (Å²) in [6, 6.07) is 11.2. The molecule has 0 bridgehead atoms. The number of rotatable bonds is 9. The first-order chi connectivity index (χ1) is 15.8. The first kappa shape index (κ1) is 24.2. The molecule has 0 saturated carbocycles. The number of amides is 2. The first-order valence-electron chi connectivity index (χ1n) is 9.84. The van der Waals surface area contributed by atoms with Crippen LogP contribution in [0.15, 0.2) is 47.4 Å². The van der Waals surface area contributed by atoms with Crippen molar-refractivity contribution in [2.75, 3.05) is 26.1 Å². The molecule has 33 heavy (non-hydrogen) atoms. The monoisotopic (exact) mass is 487 g/mol. The highest BCUT2D eigenvalue weighted by Gasteiger charge is 2.31. The zero-order valence-electron chi connectivity index (χ0n) is 17.9. The first-order valence-corrected chi connectivity index (χ1v) is 11.1. The van der Waals surface area contributed by atoms with Gasteiger partial charge in [0.2, 0.25) is 5.91 Å². The van der Waals surface area contributed by atoms with Crippen LogP contribution in [0.1, 0.15) is 18.4 Å². The zero-order chi connectivity index (χ0) is 24.0. The number of nitro benzene ring substituents is 1. The van der Waals surface area contributed by atoms with E-state index < -0.39 is 4.92 Å². The maximum absolute atomic E-state index is 12.8. The number of thiocarbonyl (C=S) groups is 1. The van der Waals surface area contributed by atoms with Gasteiger partial charge >= 0.3 is 0 Å². The molecular weight excluding hydrogens is 466 g/mol. The molecule has 3 rings (SSSR count). The minimum Gasteiger partial charge on any atom is -0.493 e. The SMILES string of the molecule is COc1ccc(/C=C2\SC(=S)N(CCCC(=O)Nc3ccccc3[N+](=O)[O-])C2=O)cc1OC. The quantitative estimate of drug-likeness (QED) is 0.242. The van der Waals surface area contributed by atoms with Crippen LogP contribution in [-0.2, 0) is 9.59 Å². The van der Waals surface area contributed by atoms with Crippen LogP contribution >= 0.6 is 24.0 Å². The molecule has 0 atom stereocenters.